The number of aliphatic hydroxyl groups excluding tert-OH is 4. The average molecular weight is 177 g/mol. The molecule has 1 fully saturated rings. The molecule has 12 heavy (non-hydrogen) atoms. The fraction of sp³-hybridized carbons (Fsp3) is 1.00. The zero-order chi connectivity index (χ0) is 9.30. The quantitative estimate of drug-likeness (QED) is 0.302. The molecule has 5 nitrogen and oxygen atoms in total. The van der Waals surface area contributed by atoms with E-state index in [2.05, 4.69) is 0 Å². The van der Waals surface area contributed by atoms with Crippen molar-refractivity contribution < 1.29 is 20.4 Å². The second-order valence-corrected chi connectivity index (χ2v) is 3.31. The highest BCUT2D eigenvalue weighted by molar-refractivity contribution is 4.94. The minimum atomic E-state index is -1.24. The first-order chi connectivity index (χ1) is 5.57. The van der Waals surface area contributed by atoms with Gasteiger partial charge in [-0.05, 0) is 6.42 Å². The Morgan fingerprint density at radius 3 is 2.17 bits per heavy atom. The van der Waals surface area contributed by atoms with E-state index >= 15 is 0 Å². The van der Waals surface area contributed by atoms with Gasteiger partial charge in [-0.2, -0.15) is 0 Å². The number of aliphatic hydroxyl groups is 4. The van der Waals surface area contributed by atoms with Crippen LogP contribution in [0.15, 0.2) is 0 Å². The Morgan fingerprint density at radius 2 is 1.67 bits per heavy atom. The second-order valence-electron chi connectivity index (χ2n) is 3.31. The number of hydrogen-bond donors (Lipinski definition) is 5. The lowest BCUT2D eigenvalue weighted by atomic mass is 9.80. The molecule has 6 N–H and O–H groups in total. The second kappa shape index (κ2) is 3.68. The molecule has 0 saturated heterocycles. The van der Waals surface area contributed by atoms with Gasteiger partial charge in [-0.1, -0.05) is 0 Å². The number of nitrogens with two attached hydrogens (primary N) is 1. The summed E-state index contributed by atoms with van der Waals surface area (Å²) in [6.45, 7) is -0.224. The van der Waals surface area contributed by atoms with Crippen molar-refractivity contribution in [2.45, 2.75) is 30.8 Å². The molecule has 0 unspecified atom stereocenters. The Balaban J connectivity index is 2.63. The van der Waals surface area contributed by atoms with Crippen molar-refractivity contribution >= 4 is 0 Å². The largest absolute Gasteiger partial charge is 0.396 e. The van der Waals surface area contributed by atoms with Gasteiger partial charge in [0.05, 0.1) is 12.2 Å². The predicted molar refractivity (Wildman–Crippen MR) is 41.2 cm³/mol. The van der Waals surface area contributed by atoms with Gasteiger partial charge >= 0.3 is 0 Å². The maximum atomic E-state index is 9.30. The van der Waals surface area contributed by atoms with E-state index in [1.54, 1.807) is 0 Å². The highest BCUT2D eigenvalue weighted by Gasteiger charge is 2.40. The fourth-order valence-electron chi connectivity index (χ4n) is 1.55. The Morgan fingerprint density at radius 1 is 1.08 bits per heavy atom. The summed E-state index contributed by atoms with van der Waals surface area (Å²) in [6.07, 6.45) is -3.09. The summed E-state index contributed by atoms with van der Waals surface area (Å²) in [4.78, 5) is 0. The van der Waals surface area contributed by atoms with Gasteiger partial charge in [0.2, 0.25) is 0 Å². The molecule has 1 rings (SSSR count). The van der Waals surface area contributed by atoms with E-state index in [0.29, 0.717) is 6.42 Å². The van der Waals surface area contributed by atoms with E-state index in [9.17, 15) is 15.3 Å². The summed E-state index contributed by atoms with van der Waals surface area (Å²) in [7, 11) is 0. The molecule has 5 heteroatoms. The third-order valence-electron chi connectivity index (χ3n) is 2.43. The van der Waals surface area contributed by atoms with E-state index in [4.69, 9.17) is 10.8 Å². The third-order valence-corrected chi connectivity index (χ3v) is 2.43. The van der Waals surface area contributed by atoms with Crippen LogP contribution < -0.4 is 5.73 Å². The van der Waals surface area contributed by atoms with E-state index in [0.717, 1.165) is 0 Å². The maximum Gasteiger partial charge on any atom is 0.108 e. The number of hydrogen-bond acceptors (Lipinski definition) is 5. The van der Waals surface area contributed by atoms with Crippen LogP contribution in [0.3, 0.4) is 0 Å². The number of rotatable bonds is 1. The lowest BCUT2D eigenvalue weighted by Gasteiger charge is -2.38. The van der Waals surface area contributed by atoms with Crippen LogP contribution in [0, 0.1) is 5.92 Å². The Labute approximate surface area is 70.4 Å². The summed E-state index contributed by atoms with van der Waals surface area (Å²) in [6, 6.07) is -0.569. The molecule has 0 aromatic heterocycles. The van der Waals surface area contributed by atoms with Crippen LogP contribution in [0.5, 0.6) is 0 Å². The van der Waals surface area contributed by atoms with Gasteiger partial charge in [0.1, 0.15) is 6.10 Å². The van der Waals surface area contributed by atoms with Gasteiger partial charge in [-0.3, -0.25) is 0 Å². The first-order valence-corrected chi connectivity index (χ1v) is 3.98. The van der Waals surface area contributed by atoms with Crippen LogP contribution in [-0.2, 0) is 0 Å². The highest BCUT2D eigenvalue weighted by Crippen LogP contribution is 2.24. The zero-order valence-corrected chi connectivity index (χ0v) is 6.67. The van der Waals surface area contributed by atoms with Gasteiger partial charge < -0.3 is 26.2 Å². The first-order valence-electron chi connectivity index (χ1n) is 3.98. The molecule has 0 bridgehead atoms. The van der Waals surface area contributed by atoms with E-state index in [1.807, 2.05) is 0 Å². The molecular formula is C7H15NO4. The molecule has 1 aliphatic carbocycles. The molecule has 0 spiro atoms. The van der Waals surface area contributed by atoms with Crippen molar-refractivity contribution in [3.05, 3.63) is 0 Å². The van der Waals surface area contributed by atoms with Crippen molar-refractivity contribution in [1.82, 2.24) is 0 Å². The normalized spacial score (nSPS) is 49.2. The minimum Gasteiger partial charge on any atom is -0.396 e. The Kier molecular flexibility index (Phi) is 3.03. The van der Waals surface area contributed by atoms with E-state index in [1.165, 1.54) is 0 Å². The van der Waals surface area contributed by atoms with E-state index in [-0.39, 0.29) is 6.61 Å². The topological polar surface area (TPSA) is 107 Å². The fourth-order valence-corrected chi connectivity index (χ4v) is 1.55. The molecule has 1 saturated carbocycles. The molecule has 0 heterocycles. The van der Waals surface area contributed by atoms with Crippen LogP contribution >= 0.6 is 0 Å². The van der Waals surface area contributed by atoms with Gasteiger partial charge in [-0.25, -0.2) is 0 Å². The molecule has 0 aromatic rings. The van der Waals surface area contributed by atoms with Crippen LogP contribution in [0.2, 0.25) is 0 Å². The summed E-state index contributed by atoms with van der Waals surface area (Å²) < 4.78 is 0. The standard InChI is InChI=1S/C7H15NO4/c8-4-1-3(2-9)5(10)7(12)6(4)11/h3-7,9-12H,1-2,8H2/t3-,4+,5+,6-,7-/m0/s1. The molecule has 72 valence electrons. The van der Waals surface area contributed by atoms with E-state index < -0.39 is 30.3 Å². The van der Waals surface area contributed by atoms with Crippen LogP contribution in [0.4, 0.5) is 0 Å². The minimum absolute atomic E-state index is 0.224. The highest BCUT2D eigenvalue weighted by atomic mass is 16.4. The molecule has 0 radical (unpaired) electrons. The van der Waals surface area contributed by atoms with Crippen LogP contribution in [-0.4, -0.2) is 51.4 Å². The third kappa shape index (κ3) is 1.60. The van der Waals surface area contributed by atoms with Gasteiger partial charge in [0.15, 0.2) is 0 Å². The van der Waals surface area contributed by atoms with Gasteiger partial charge in [0, 0.05) is 18.6 Å². The predicted octanol–water partition coefficient (Wildman–Crippen LogP) is -2.59. The zero-order valence-electron chi connectivity index (χ0n) is 6.67. The SMILES string of the molecule is N[C@@H]1C[C@@H](CO)[C@@H](O)[C@H](O)[C@H]1O. The van der Waals surface area contributed by atoms with Crippen molar-refractivity contribution in [3.8, 4) is 0 Å². The molecule has 0 aromatic carbocycles. The van der Waals surface area contributed by atoms with Crippen molar-refractivity contribution in [2.75, 3.05) is 6.61 Å². The smallest absolute Gasteiger partial charge is 0.108 e. The summed E-state index contributed by atoms with van der Waals surface area (Å²) in [5.41, 5.74) is 5.46. The summed E-state index contributed by atoms with van der Waals surface area (Å²) in [5, 5.41) is 36.5. The first kappa shape index (κ1) is 9.88. The van der Waals surface area contributed by atoms with Crippen LogP contribution in [0.1, 0.15) is 6.42 Å². The van der Waals surface area contributed by atoms with Crippen LogP contribution in [0.25, 0.3) is 0 Å². The Bertz CT molecular complexity index is 150. The average Bonchev–Trinajstić information content (AvgIpc) is 2.08. The monoisotopic (exact) mass is 177 g/mol. The molecular weight excluding hydrogens is 162 g/mol. The van der Waals surface area contributed by atoms with Gasteiger partial charge in [0.25, 0.3) is 0 Å². The maximum absolute atomic E-state index is 9.30. The lowest BCUT2D eigenvalue weighted by molar-refractivity contribution is -0.125. The Hall–Kier alpha value is -0.200. The molecule has 0 aliphatic heterocycles. The van der Waals surface area contributed by atoms with Crippen molar-refractivity contribution in [1.29, 1.82) is 0 Å². The molecule has 5 atom stereocenters. The van der Waals surface area contributed by atoms with Crippen molar-refractivity contribution in [3.63, 3.8) is 0 Å². The van der Waals surface area contributed by atoms with Crippen molar-refractivity contribution in [2.24, 2.45) is 11.7 Å². The summed E-state index contributed by atoms with van der Waals surface area (Å²) in [5.74, 6) is -0.432. The lowest BCUT2D eigenvalue weighted by Crippen LogP contribution is -2.57. The van der Waals surface area contributed by atoms with Gasteiger partial charge in [-0.15, -0.1) is 0 Å². The molecule has 1 aliphatic rings. The molecule has 0 amide bonds. The summed E-state index contributed by atoms with van der Waals surface area (Å²) >= 11 is 0.